The fraction of sp³-hybridized carbons (Fsp3) is 1.00. The Morgan fingerprint density at radius 1 is 1.67 bits per heavy atom. The van der Waals surface area contributed by atoms with E-state index in [0.717, 1.165) is 26.1 Å². The lowest BCUT2D eigenvalue weighted by molar-refractivity contribution is 0.105. The molecule has 1 aliphatic rings. The first-order chi connectivity index (χ1) is 5.75. The van der Waals surface area contributed by atoms with Gasteiger partial charge < -0.3 is 5.32 Å². The van der Waals surface area contributed by atoms with Gasteiger partial charge in [-0.1, -0.05) is 13.3 Å². The Labute approximate surface area is 74.1 Å². The van der Waals surface area contributed by atoms with Crippen molar-refractivity contribution in [3.63, 3.8) is 0 Å². The van der Waals surface area contributed by atoms with Gasteiger partial charge in [0.15, 0.2) is 0 Å². The topological polar surface area (TPSA) is 15.3 Å². The Hall–Kier alpha value is -0.150. The highest BCUT2D eigenvalue weighted by molar-refractivity contribution is 4.83. The van der Waals surface area contributed by atoms with Crippen LogP contribution in [0.4, 0.5) is 4.39 Å². The van der Waals surface area contributed by atoms with Gasteiger partial charge in [-0.05, 0) is 13.5 Å². The number of likely N-dealkylation sites (N-methyl/N-ethyl adjacent to an activating group) is 1. The molecule has 1 rings (SSSR count). The van der Waals surface area contributed by atoms with E-state index in [2.05, 4.69) is 10.2 Å². The molecule has 2 unspecified atom stereocenters. The lowest BCUT2D eigenvalue weighted by Crippen LogP contribution is -2.53. The first kappa shape index (κ1) is 9.93. The average Bonchev–Trinajstić information content (AvgIpc) is 2.05. The van der Waals surface area contributed by atoms with Gasteiger partial charge in [-0.15, -0.1) is 0 Å². The van der Waals surface area contributed by atoms with Crippen LogP contribution in [0, 0.1) is 0 Å². The van der Waals surface area contributed by atoms with Crippen molar-refractivity contribution in [1.82, 2.24) is 10.2 Å². The third-order valence-electron chi connectivity index (χ3n) is 2.54. The summed E-state index contributed by atoms with van der Waals surface area (Å²) in [7, 11) is 2.01. The van der Waals surface area contributed by atoms with Crippen molar-refractivity contribution in [1.29, 1.82) is 0 Å². The van der Waals surface area contributed by atoms with Crippen LogP contribution in [0.15, 0.2) is 0 Å². The summed E-state index contributed by atoms with van der Waals surface area (Å²) in [6.45, 7) is 4.79. The molecule has 1 heterocycles. The largest absolute Gasteiger partial charge is 0.314 e. The molecular formula is C9H19FN2. The number of hydrogen-bond donors (Lipinski definition) is 1. The van der Waals surface area contributed by atoms with Gasteiger partial charge in [0.05, 0.1) is 6.04 Å². The van der Waals surface area contributed by atoms with E-state index in [1.807, 2.05) is 14.0 Å². The van der Waals surface area contributed by atoms with Crippen molar-refractivity contribution in [3.05, 3.63) is 0 Å². The van der Waals surface area contributed by atoms with E-state index in [4.69, 9.17) is 0 Å². The second-order valence-electron chi connectivity index (χ2n) is 3.56. The van der Waals surface area contributed by atoms with Crippen molar-refractivity contribution in [2.24, 2.45) is 0 Å². The van der Waals surface area contributed by atoms with Crippen LogP contribution in [0.2, 0.25) is 0 Å². The summed E-state index contributed by atoms with van der Waals surface area (Å²) in [5, 5.41) is 3.22. The predicted octanol–water partition coefficient (Wildman–Crippen LogP) is 1.03. The monoisotopic (exact) mass is 174 g/mol. The number of halogens is 1. The molecule has 72 valence electrons. The Balaban J connectivity index is 2.36. The maximum atomic E-state index is 13.5. The second-order valence-corrected chi connectivity index (χ2v) is 3.56. The minimum Gasteiger partial charge on any atom is -0.314 e. The van der Waals surface area contributed by atoms with Gasteiger partial charge >= 0.3 is 0 Å². The molecular weight excluding hydrogens is 155 g/mol. The lowest BCUT2D eigenvalue weighted by Gasteiger charge is -2.35. The van der Waals surface area contributed by atoms with Gasteiger partial charge in [0.2, 0.25) is 0 Å². The SMILES string of the molecule is CCCC(F)C1CNCCN1C. The van der Waals surface area contributed by atoms with Crippen molar-refractivity contribution in [2.75, 3.05) is 26.7 Å². The average molecular weight is 174 g/mol. The van der Waals surface area contributed by atoms with Gasteiger partial charge in [0.1, 0.15) is 6.17 Å². The highest BCUT2D eigenvalue weighted by atomic mass is 19.1. The van der Waals surface area contributed by atoms with Crippen LogP contribution in [0.25, 0.3) is 0 Å². The summed E-state index contributed by atoms with van der Waals surface area (Å²) in [4.78, 5) is 2.12. The molecule has 1 aliphatic heterocycles. The highest BCUT2D eigenvalue weighted by Gasteiger charge is 2.26. The van der Waals surface area contributed by atoms with E-state index >= 15 is 0 Å². The van der Waals surface area contributed by atoms with E-state index in [1.165, 1.54) is 0 Å². The van der Waals surface area contributed by atoms with Crippen LogP contribution >= 0.6 is 0 Å². The normalized spacial score (nSPS) is 28.8. The number of rotatable bonds is 3. The highest BCUT2D eigenvalue weighted by Crippen LogP contribution is 2.13. The summed E-state index contributed by atoms with van der Waals surface area (Å²) in [5.41, 5.74) is 0. The number of alkyl halides is 1. The molecule has 2 nitrogen and oxygen atoms in total. The van der Waals surface area contributed by atoms with Crippen LogP contribution in [0.5, 0.6) is 0 Å². The standard InChI is InChI=1S/C9H19FN2/c1-3-4-8(10)9-7-11-5-6-12(9)2/h8-9,11H,3-7H2,1-2H3. The summed E-state index contributed by atoms with van der Waals surface area (Å²) >= 11 is 0. The first-order valence-electron chi connectivity index (χ1n) is 4.80. The molecule has 2 atom stereocenters. The summed E-state index contributed by atoms with van der Waals surface area (Å²) in [6, 6.07) is 0.0960. The third kappa shape index (κ3) is 2.42. The Kier molecular flexibility index (Phi) is 3.95. The van der Waals surface area contributed by atoms with Gasteiger partial charge in [-0.25, -0.2) is 4.39 Å². The van der Waals surface area contributed by atoms with Crippen LogP contribution in [0.3, 0.4) is 0 Å². The molecule has 0 bridgehead atoms. The molecule has 1 fully saturated rings. The lowest BCUT2D eigenvalue weighted by atomic mass is 10.1. The van der Waals surface area contributed by atoms with E-state index in [1.54, 1.807) is 0 Å². The zero-order chi connectivity index (χ0) is 8.97. The Morgan fingerprint density at radius 2 is 2.42 bits per heavy atom. The van der Waals surface area contributed by atoms with Crippen LogP contribution in [-0.2, 0) is 0 Å². The van der Waals surface area contributed by atoms with Crippen molar-refractivity contribution in [2.45, 2.75) is 32.0 Å². The molecule has 0 aromatic heterocycles. The molecule has 0 aromatic carbocycles. The molecule has 1 N–H and O–H groups in total. The van der Waals surface area contributed by atoms with Crippen molar-refractivity contribution >= 4 is 0 Å². The fourth-order valence-corrected chi connectivity index (χ4v) is 1.70. The molecule has 0 aliphatic carbocycles. The Bertz CT molecular complexity index is 130. The van der Waals surface area contributed by atoms with Crippen molar-refractivity contribution < 1.29 is 4.39 Å². The Morgan fingerprint density at radius 3 is 3.00 bits per heavy atom. The van der Waals surface area contributed by atoms with E-state index in [0.29, 0.717) is 6.42 Å². The summed E-state index contributed by atoms with van der Waals surface area (Å²) in [5.74, 6) is 0. The number of hydrogen-bond acceptors (Lipinski definition) is 2. The van der Waals surface area contributed by atoms with Gasteiger partial charge in [0.25, 0.3) is 0 Å². The minimum atomic E-state index is -0.659. The molecule has 0 aromatic rings. The molecule has 0 saturated carbocycles. The van der Waals surface area contributed by atoms with Crippen LogP contribution < -0.4 is 5.32 Å². The number of nitrogens with zero attached hydrogens (tertiary/aromatic N) is 1. The number of piperazine rings is 1. The molecule has 1 saturated heterocycles. The molecule has 3 heteroatoms. The predicted molar refractivity (Wildman–Crippen MR) is 49.1 cm³/mol. The van der Waals surface area contributed by atoms with Crippen LogP contribution in [0.1, 0.15) is 19.8 Å². The zero-order valence-electron chi connectivity index (χ0n) is 8.02. The maximum absolute atomic E-state index is 13.5. The third-order valence-corrected chi connectivity index (χ3v) is 2.54. The van der Waals surface area contributed by atoms with Crippen LogP contribution in [-0.4, -0.2) is 43.8 Å². The van der Waals surface area contributed by atoms with E-state index < -0.39 is 6.17 Å². The first-order valence-corrected chi connectivity index (χ1v) is 4.80. The van der Waals surface area contributed by atoms with Gasteiger partial charge in [0, 0.05) is 19.6 Å². The second kappa shape index (κ2) is 4.77. The minimum absolute atomic E-state index is 0.0960. The smallest absolute Gasteiger partial charge is 0.117 e. The maximum Gasteiger partial charge on any atom is 0.117 e. The quantitative estimate of drug-likeness (QED) is 0.687. The molecule has 0 radical (unpaired) electrons. The van der Waals surface area contributed by atoms with Gasteiger partial charge in [-0.3, -0.25) is 4.90 Å². The fourth-order valence-electron chi connectivity index (χ4n) is 1.70. The van der Waals surface area contributed by atoms with E-state index in [-0.39, 0.29) is 6.04 Å². The molecule has 0 spiro atoms. The molecule has 0 amide bonds. The van der Waals surface area contributed by atoms with Gasteiger partial charge in [-0.2, -0.15) is 0 Å². The zero-order valence-corrected chi connectivity index (χ0v) is 8.02. The summed E-state index contributed by atoms with van der Waals surface area (Å²) < 4.78 is 13.5. The van der Waals surface area contributed by atoms with Crippen molar-refractivity contribution in [3.8, 4) is 0 Å². The molecule has 12 heavy (non-hydrogen) atoms. The summed E-state index contributed by atoms with van der Waals surface area (Å²) in [6.07, 6.45) is 0.968. The van der Waals surface area contributed by atoms with E-state index in [9.17, 15) is 4.39 Å². The number of nitrogens with one attached hydrogen (secondary N) is 1.